The Morgan fingerprint density at radius 2 is 1.87 bits per heavy atom. The number of benzene rings is 1. The number of nitrogens with one attached hydrogen (secondary N) is 1. The summed E-state index contributed by atoms with van der Waals surface area (Å²) in [5.41, 5.74) is -0.594. The lowest BCUT2D eigenvalue weighted by Crippen LogP contribution is -2.39. The minimum Gasteiger partial charge on any atom is -0.314 e. The second kappa shape index (κ2) is 5.20. The summed E-state index contributed by atoms with van der Waals surface area (Å²) in [6.07, 6.45) is 1.83. The van der Waals surface area contributed by atoms with Crippen LogP contribution in [0.1, 0.15) is 49.7 Å². The van der Waals surface area contributed by atoms with Crippen molar-refractivity contribution in [3.63, 3.8) is 0 Å². The molecule has 1 nitrogen and oxygen atoms in total. The summed E-state index contributed by atoms with van der Waals surface area (Å²) in [4.78, 5) is 0. The molecule has 0 radical (unpaired) electrons. The van der Waals surface area contributed by atoms with E-state index in [1.807, 2.05) is 0 Å². The van der Waals surface area contributed by atoms with Crippen molar-refractivity contribution in [2.24, 2.45) is 11.8 Å². The van der Waals surface area contributed by atoms with Crippen molar-refractivity contribution in [2.75, 3.05) is 6.54 Å². The van der Waals surface area contributed by atoms with Crippen molar-refractivity contribution in [2.45, 2.75) is 56.2 Å². The fraction of sp³-hybridized carbons (Fsp3) is 0.667. The molecular weight excluding hydrogens is 306 g/mol. The largest absolute Gasteiger partial charge is 0.419 e. The maximum Gasteiger partial charge on any atom is 0.419 e. The van der Waals surface area contributed by atoms with Crippen LogP contribution in [-0.4, -0.2) is 12.6 Å². The van der Waals surface area contributed by atoms with E-state index in [2.05, 4.69) is 5.32 Å². The molecule has 0 bridgehead atoms. The lowest BCUT2D eigenvalue weighted by molar-refractivity contribution is -0.140. The summed E-state index contributed by atoms with van der Waals surface area (Å²) in [7, 11) is 0. The van der Waals surface area contributed by atoms with Gasteiger partial charge in [-0.1, -0.05) is 6.07 Å². The highest BCUT2D eigenvalue weighted by Crippen LogP contribution is 2.62. The van der Waals surface area contributed by atoms with Gasteiger partial charge in [0.25, 0.3) is 0 Å². The lowest BCUT2D eigenvalue weighted by Gasteiger charge is -2.33. The number of hydrogen-bond donors (Lipinski definition) is 1. The van der Waals surface area contributed by atoms with Gasteiger partial charge in [0.05, 0.1) is 5.56 Å². The minimum absolute atomic E-state index is 0.170. The van der Waals surface area contributed by atoms with Crippen LogP contribution in [0.4, 0.5) is 17.6 Å². The summed E-state index contributed by atoms with van der Waals surface area (Å²) in [5.74, 6) is -0.150. The molecule has 1 aromatic rings. The van der Waals surface area contributed by atoms with E-state index >= 15 is 0 Å². The highest BCUT2D eigenvalue weighted by atomic mass is 19.4. The molecule has 1 aromatic carbocycles. The summed E-state index contributed by atoms with van der Waals surface area (Å²) >= 11 is 0. The van der Waals surface area contributed by atoms with E-state index in [-0.39, 0.29) is 5.41 Å². The molecule has 1 saturated heterocycles. The van der Waals surface area contributed by atoms with Crippen LogP contribution >= 0.6 is 0 Å². The van der Waals surface area contributed by atoms with E-state index in [4.69, 9.17) is 0 Å². The highest BCUT2D eigenvalue weighted by Gasteiger charge is 2.58. The van der Waals surface area contributed by atoms with Crippen LogP contribution in [0.15, 0.2) is 18.2 Å². The third kappa shape index (κ3) is 2.67. The fourth-order valence-electron chi connectivity index (χ4n) is 4.64. The Hall–Kier alpha value is -1.10. The standard InChI is InChI=1S/C18H21F4N/c19-14-6-5-12(10-13(14)18(20,21)22)17(7-8-17)16(11-3-4-11)15-2-1-9-23-15/h5-6,10-11,15-16,23H,1-4,7-9H2/t15-,16?/m0/s1. The van der Waals surface area contributed by atoms with Crippen LogP contribution in [0.3, 0.4) is 0 Å². The number of hydrogen-bond acceptors (Lipinski definition) is 1. The zero-order valence-electron chi connectivity index (χ0n) is 12.9. The summed E-state index contributed by atoms with van der Waals surface area (Å²) in [5, 5.41) is 3.55. The third-order valence-corrected chi connectivity index (χ3v) is 5.94. The molecule has 0 amide bonds. The number of halogens is 4. The van der Waals surface area contributed by atoms with Gasteiger partial charge in [-0.15, -0.1) is 0 Å². The summed E-state index contributed by atoms with van der Waals surface area (Å²) < 4.78 is 52.8. The molecule has 2 atom stereocenters. The predicted octanol–water partition coefficient (Wildman–Crippen LogP) is 4.65. The van der Waals surface area contributed by atoms with Crippen LogP contribution in [0.2, 0.25) is 0 Å². The molecule has 2 saturated carbocycles. The van der Waals surface area contributed by atoms with Gasteiger partial charge in [-0.3, -0.25) is 0 Å². The van der Waals surface area contributed by atoms with Crippen LogP contribution in [0, 0.1) is 17.7 Å². The zero-order valence-corrected chi connectivity index (χ0v) is 12.9. The monoisotopic (exact) mass is 327 g/mol. The van der Waals surface area contributed by atoms with E-state index in [1.165, 1.54) is 12.8 Å². The normalized spacial score (nSPS) is 27.9. The fourth-order valence-corrected chi connectivity index (χ4v) is 4.64. The van der Waals surface area contributed by atoms with Crippen molar-refractivity contribution < 1.29 is 17.6 Å². The molecule has 1 N–H and O–H groups in total. The SMILES string of the molecule is Fc1ccc(C2(C(C3CC3)[C@@H]3CCCN3)CC2)cc1C(F)(F)F. The molecule has 126 valence electrons. The topological polar surface area (TPSA) is 12.0 Å². The molecule has 1 aliphatic heterocycles. The van der Waals surface area contributed by atoms with Crippen LogP contribution in [-0.2, 0) is 11.6 Å². The van der Waals surface area contributed by atoms with E-state index in [0.29, 0.717) is 23.4 Å². The van der Waals surface area contributed by atoms with Gasteiger partial charge in [0, 0.05) is 6.04 Å². The molecule has 0 spiro atoms. The van der Waals surface area contributed by atoms with E-state index < -0.39 is 17.6 Å². The van der Waals surface area contributed by atoms with Crippen molar-refractivity contribution in [3.8, 4) is 0 Å². The Labute approximate surface area is 133 Å². The molecule has 1 heterocycles. The zero-order chi connectivity index (χ0) is 16.2. The molecule has 23 heavy (non-hydrogen) atoms. The van der Waals surface area contributed by atoms with E-state index in [9.17, 15) is 17.6 Å². The van der Waals surface area contributed by atoms with Gasteiger partial charge in [-0.25, -0.2) is 4.39 Å². The first kappa shape index (κ1) is 15.4. The highest BCUT2D eigenvalue weighted by molar-refractivity contribution is 5.38. The molecule has 4 rings (SSSR count). The Kier molecular flexibility index (Phi) is 3.49. The Balaban J connectivity index is 1.71. The Morgan fingerprint density at radius 1 is 1.13 bits per heavy atom. The minimum atomic E-state index is -4.63. The first-order chi connectivity index (χ1) is 10.9. The summed E-state index contributed by atoms with van der Waals surface area (Å²) in [6.45, 7) is 1.00. The lowest BCUT2D eigenvalue weighted by atomic mass is 9.74. The third-order valence-electron chi connectivity index (χ3n) is 5.94. The predicted molar refractivity (Wildman–Crippen MR) is 79.6 cm³/mol. The average Bonchev–Trinajstić information content (AvgIpc) is 3.40. The second-order valence-electron chi connectivity index (χ2n) is 7.41. The van der Waals surface area contributed by atoms with Gasteiger partial charge < -0.3 is 5.32 Å². The van der Waals surface area contributed by atoms with Gasteiger partial charge in [0.1, 0.15) is 5.82 Å². The average molecular weight is 327 g/mol. The van der Waals surface area contributed by atoms with Gasteiger partial charge >= 0.3 is 6.18 Å². The second-order valence-corrected chi connectivity index (χ2v) is 7.41. The van der Waals surface area contributed by atoms with E-state index in [1.54, 1.807) is 6.07 Å². The quantitative estimate of drug-likeness (QED) is 0.794. The molecule has 0 aromatic heterocycles. The first-order valence-corrected chi connectivity index (χ1v) is 8.52. The Morgan fingerprint density at radius 3 is 2.39 bits per heavy atom. The Bertz CT molecular complexity index is 596. The van der Waals surface area contributed by atoms with Crippen LogP contribution in [0.25, 0.3) is 0 Å². The molecule has 3 fully saturated rings. The smallest absolute Gasteiger partial charge is 0.314 e. The van der Waals surface area contributed by atoms with Crippen molar-refractivity contribution in [1.82, 2.24) is 5.32 Å². The van der Waals surface area contributed by atoms with Crippen molar-refractivity contribution in [1.29, 1.82) is 0 Å². The number of rotatable bonds is 4. The van der Waals surface area contributed by atoms with E-state index in [0.717, 1.165) is 44.4 Å². The van der Waals surface area contributed by atoms with Crippen LogP contribution in [0.5, 0.6) is 0 Å². The maximum atomic E-state index is 13.6. The molecule has 5 heteroatoms. The molecule has 2 aliphatic carbocycles. The van der Waals surface area contributed by atoms with Gasteiger partial charge in [-0.2, -0.15) is 13.2 Å². The maximum absolute atomic E-state index is 13.6. The van der Waals surface area contributed by atoms with Crippen molar-refractivity contribution >= 4 is 0 Å². The van der Waals surface area contributed by atoms with Crippen LogP contribution < -0.4 is 5.32 Å². The van der Waals surface area contributed by atoms with Gasteiger partial charge in [0.2, 0.25) is 0 Å². The van der Waals surface area contributed by atoms with Gasteiger partial charge in [-0.05, 0) is 80.0 Å². The summed E-state index contributed by atoms with van der Waals surface area (Å²) in [6, 6.07) is 4.07. The van der Waals surface area contributed by atoms with Gasteiger partial charge in [0.15, 0.2) is 0 Å². The molecule has 1 unspecified atom stereocenters. The molecular formula is C18H21F4N. The molecule has 3 aliphatic rings. The van der Waals surface area contributed by atoms with Crippen molar-refractivity contribution in [3.05, 3.63) is 35.1 Å². The number of alkyl halides is 3. The first-order valence-electron chi connectivity index (χ1n) is 8.52.